The van der Waals surface area contributed by atoms with Crippen LogP contribution in [0, 0.1) is 11.3 Å². The summed E-state index contributed by atoms with van der Waals surface area (Å²) in [6.07, 6.45) is 0.869. The number of hydrogen-bond acceptors (Lipinski definition) is 4. The molecule has 0 N–H and O–H groups in total. The third-order valence-corrected chi connectivity index (χ3v) is 1.41. The fourth-order valence-electron chi connectivity index (χ4n) is 0.697. The highest BCUT2D eigenvalue weighted by atomic mass is 16.7. The summed E-state index contributed by atoms with van der Waals surface area (Å²) in [5.74, 6) is -0.720. The summed E-state index contributed by atoms with van der Waals surface area (Å²) in [6.45, 7) is 5.17. The van der Waals surface area contributed by atoms with E-state index in [9.17, 15) is 4.79 Å². The van der Waals surface area contributed by atoms with Gasteiger partial charge < -0.3 is 9.47 Å². The van der Waals surface area contributed by atoms with E-state index in [0.29, 0.717) is 6.42 Å². The second-order valence-electron chi connectivity index (χ2n) is 2.45. The van der Waals surface area contributed by atoms with Crippen molar-refractivity contribution in [2.45, 2.75) is 26.1 Å². The molecule has 4 nitrogen and oxygen atoms in total. The minimum atomic E-state index is -0.720. The molecule has 1 atom stereocenters. The molecular formula is C9H13NO3. The van der Waals surface area contributed by atoms with Crippen LogP contribution in [0.3, 0.4) is 0 Å². The van der Waals surface area contributed by atoms with Gasteiger partial charge in [-0.15, -0.1) is 0 Å². The van der Waals surface area contributed by atoms with Gasteiger partial charge in [0.1, 0.15) is 11.6 Å². The topological polar surface area (TPSA) is 59.3 Å². The van der Waals surface area contributed by atoms with Gasteiger partial charge in [0, 0.05) is 13.5 Å². The van der Waals surface area contributed by atoms with Crippen LogP contribution in [-0.4, -0.2) is 19.4 Å². The SMILES string of the molecule is C=C(C#N)C(=O)OC(CCC)OC. The first-order chi connectivity index (χ1) is 6.15. The van der Waals surface area contributed by atoms with Gasteiger partial charge >= 0.3 is 5.97 Å². The number of rotatable bonds is 5. The molecule has 72 valence electrons. The van der Waals surface area contributed by atoms with Crippen LogP contribution in [0.5, 0.6) is 0 Å². The van der Waals surface area contributed by atoms with Gasteiger partial charge in [0.15, 0.2) is 0 Å². The molecule has 0 aliphatic carbocycles. The number of hydrogen-bond donors (Lipinski definition) is 0. The molecule has 0 spiro atoms. The number of ether oxygens (including phenoxy) is 2. The number of carbonyl (C=O) groups is 1. The first-order valence-electron chi connectivity index (χ1n) is 3.98. The van der Waals surface area contributed by atoms with Gasteiger partial charge in [-0.2, -0.15) is 5.26 Å². The summed E-state index contributed by atoms with van der Waals surface area (Å²) < 4.78 is 9.67. The molecule has 0 aromatic rings. The zero-order chi connectivity index (χ0) is 10.3. The number of nitriles is 1. The molecule has 13 heavy (non-hydrogen) atoms. The lowest BCUT2D eigenvalue weighted by Gasteiger charge is -2.14. The zero-order valence-corrected chi connectivity index (χ0v) is 7.87. The average Bonchev–Trinajstić information content (AvgIpc) is 2.15. The standard InChI is InChI=1S/C9H13NO3/c1-4-5-8(12-3)13-9(11)7(2)6-10/h8H,2,4-5H2,1,3H3. The van der Waals surface area contributed by atoms with E-state index in [1.807, 2.05) is 6.92 Å². The molecule has 0 aromatic heterocycles. The van der Waals surface area contributed by atoms with Crippen molar-refractivity contribution < 1.29 is 14.3 Å². The van der Waals surface area contributed by atoms with Crippen LogP contribution in [-0.2, 0) is 14.3 Å². The van der Waals surface area contributed by atoms with Crippen LogP contribution < -0.4 is 0 Å². The Morgan fingerprint density at radius 2 is 2.31 bits per heavy atom. The zero-order valence-electron chi connectivity index (χ0n) is 7.87. The van der Waals surface area contributed by atoms with Crippen LogP contribution in [0.25, 0.3) is 0 Å². The molecule has 0 amide bonds. The number of methoxy groups -OCH3 is 1. The molecule has 0 aliphatic heterocycles. The Morgan fingerprint density at radius 1 is 1.69 bits per heavy atom. The van der Waals surface area contributed by atoms with Crippen molar-refractivity contribution in [3.63, 3.8) is 0 Å². The monoisotopic (exact) mass is 183 g/mol. The quantitative estimate of drug-likeness (QED) is 0.279. The molecular weight excluding hydrogens is 170 g/mol. The van der Waals surface area contributed by atoms with E-state index in [1.165, 1.54) is 7.11 Å². The molecule has 0 fully saturated rings. The van der Waals surface area contributed by atoms with Gasteiger partial charge in [-0.1, -0.05) is 19.9 Å². The van der Waals surface area contributed by atoms with Crippen LogP contribution in [0.2, 0.25) is 0 Å². The van der Waals surface area contributed by atoms with E-state index >= 15 is 0 Å². The van der Waals surface area contributed by atoms with Crippen molar-refractivity contribution >= 4 is 5.97 Å². The number of nitrogens with zero attached hydrogens (tertiary/aromatic N) is 1. The predicted molar refractivity (Wildman–Crippen MR) is 46.6 cm³/mol. The van der Waals surface area contributed by atoms with Crippen LogP contribution in [0.1, 0.15) is 19.8 Å². The van der Waals surface area contributed by atoms with E-state index in [4.69, 9.17) is 14.7 Å². The van der Waals surface area contributed by atoms with E-state index in [2.05, 4.69) is 6.58 Å². The van der Waals surface area contributed by atoms with Gasteiger partial charge in [0.25, 0.3) is 0 Å². The van der Waals surface area contributed by atoms with Gasteiger partial charge in [0.05, 0.1) is 0 Å². The highest BCUT2D eigenvalue weighted by molar-refractivity contribution is 5.91. The predicted octanol–water partition coefficient (Wildman–Crippen LogP) is 1.38. The maximum Gasteiger partial charge on any atom is 0.350 e. The third kappa shape index (κ3) is 4.28. The highest BCUT2D eigenvalue weighted by Gasteiger charge is 2.14. The normalized spacial score (nSPS) is 11.5. The molecule has 0 saturated heterocycles. The van der Waals surface area contributed by atoms with Crippen molar-refractivity contribution in [1.29, 1.82) is 5.26 Å². The summed E-state index contributed by atoms with van der Waals surface area (Å²) in [7, 11) is 1.45. The molecule has 0 heterocycles. The summed E-state index contributed by atoms with van der Waals surface area (Å²) in [5, 5.41) is 8.33. The van der Waals surface area contributed by atoms with Crippen molar-refractivity contribution in [3.05, 3.63) is 12.2 Å². The van der Waals surface area contributed by atoms with E-state index < -0.39 is 12.3 Å². The highest BCUT2D eigenvalue weighted by Crippen LogP contribution is 2.05. The minimum absolute atomic E-state index is 0.210. The molecule has 0 aromatic carbocycles. The largest absolute Gasteiger partial charge is 0.432 e. The van der Waals surface area contributed by atoms with Gasteiger partial charge in [-0.3, -0.25) is 0 Å². The summed E-state index contributed by atoms with van der Waals surface area (Å²) in [4.78, 5) is 11.0. The Morgan fingerprint density at radius 3 is 2.69 bits per heavy atom. The van der Waals surface area contributed by atoms with Crippen molar-refractivity contribution in [1.82, 2.24) is 0 Å². The van der Waals surface area contributed by atoms with Crippen molar-refractivity contribution in [2.75, 3.05) is 7.11 Å². The molecule has 0 bridgehead atoms. The fourth-order valence-corrected chi connectivity index (χ4v) is 0.697. The van der Waals surface area contributed by atoms with Crippen molar-refractivity contribution in [2.24, 2.45) is 0 Å². The first-order valence-corrected chi connectivity index (χ1v) is 3.98. The molecule has 1 unspecified atom stereocenters. The minimum Gasteiger partial charge on any atom is -0.432 e. The molecule has 0 radical (unpaired) electrons. The van der Waals surface area contributed by atoms with E-state index in [1.54, 1.807) is 6.07 Å². The summed E-state index contributed by atoms with van der Waals surface area (Å²) in [5.41, 5.74) is -0.210. The molecule has 0 aliphatic rings. The second-order valence-corrected chi connectivity index (χ2v) is 2.45. The van der Waals surface area contributed by atoms with Crippen LogP contribution in [0.15, 0.2) is 12.2 Å². The third-order valence-electron chi connectivity index (χ3n) is 1.41. The molecule has 4 heteroatoms. The smallest absolute Gasteiger partial charge is 0.350 e. The maximum atomic E-state index is 11.0. The van der Waals surface area contributed by atoms with Crippen LogP contribution in [0.4, 0.5) is 0 Å². The average molecular weight is 183 g/mol. The van der Waals surface area contributed by atoms with Crippen LogP contribution >= 0.6 is 0 Å². The molecule has 0 rings (SSSR count). The maximum absolute atomic E-state index is 11.0. The fraction of sp³-hybridized carbons (Fsp3) is 0.556. The molecule has 0 saturated carbocycles. The number of carbonyl (C=O) groups excluding carboxylic acids is 1. The Hall–Kier alpha value is -1.34. The van der Waals surface area contributed by atoms with Gasteiger partial charge in [-0.25, -0.2) is 4.79 Å². The van der Waals surface area contributed by atoms with E-state index in [0.717, 1.165) is 6.42 Å². The lowest BCUT2D eigenvalue weighted by atomic mass is 10.3. The first kappa shape index (κ1) is 11.7. The van der Waals surface area contributed by atoms with Gasteiger partial charge in [0.2, 0.25) is 6.29 Å². The van der Waals surface area contributed by atoms with E-state index in [-0.39, 0.29) is 5.57 Å². The summed E-state index contributed by atoms with van der Waals surface area (Å²) in [6, 6.07) is 1.61. The lowest BCUT2D eigenvalue weighted by Crippen LogP contribution is -2.20. The Bertz CT molecular complexity index is 230. The Labute approximate surface area is 77.8 Å². The second kappa shape index (κ2) is 6.21. The number of esters is 1. The summed E-state index contributed by atoms with van der Waals surface area (Å²) >= 11 is 0. The van der Waals surface area contributed by atoms with Crippen molar-refractivity contribution in [3.8, 4) is 6.07 Å². The Kier molecular flexibility index (Phi) is 5.57. The van der Waals surface area contributed by atoms with Gasteiger partial charge in [-0.05, 0) is 0 Å². The Balaban J connectivity index is 4.02. The lowest BCUT2D eigenvalue weighted by molar-refractivity contribution is -0.169.